The van der Waals surface area contributed by atoms with Gasteiger partial charge >= 0.3 is 0 Å². The van der Waals surface area contributed by atoms with E-state index in [1.165, 1.54) is 36.8 Å². The van der Waals surface area contributed by atoms with Crippen LogP contribution < -0.4 is 10.2 Å². The SMILES string of the molecule is Cn1c(N(C2CCC(C(C)(C)C)CC2)C2CCc3cc(C(=O)Nc4nnn[nH]4)ccc32)nc2ccccc21. The molecule has 0 bridgehead atoms. The number of carbonyl (C=O) groups is 1. The zero-order chi connectivity index (χ0) is 26.4. The van der Waals surface area contributed by atoms with Gasteiger partial charge in [-0.1, -0.05) is 44.1 Å². The van der Waals surface area contributed by atoms with Crippen molar-refractivity contribution in [1.82, 2.24) is 30.2 Å². The van der Waals surface area contributed by atoms with Gasteiger partial charge < -0.3 is 9.47 Å². The molecule has 38 heavy (non-hydrogen) atoms. The number of tetrazole rings is 1. The number of para-hydroxylation sites is 2. The van der Waals surface area contributed by atoms with Crippen molar-refractivity contribution >= 4 is 28.8 Å². The number of imidazole rings is 1. The Morgan fingerprint density at radius 1 is 1.08 bits per heavy atom. The minimum atomic E-state index is -0.220. The number of hydrogen-bond acceptors (Lipinski definition) is 6. The van der Waals surface area contributed by atoms with Crippen LogP contribution in [0.3, 0.4) is 0 Å². The normalized spacial score (nSPS) is 21.4. The van der Waals surface area contributed by atoms with Crippen LogP contribution in [0.15, 0.2) is 42.5 Å². The molecule has 198 valence electrons. The van der Waals surface area contributed by atoms with Crippen LogP contribution in [-0.2, 0) is 13.5 Å². The van der Waals surface area contributed by atoms with E-state index in [1.54, 1.807) is 0 Å². The van der Waals surface area contributed by atoms with Gasteiger partial charge in [0.2, 0.25) is 11.9 Å². The molecule has 0 saturated heterocycles. The number of amides is 1. The zero-order valence-electron chi connectivity index (χ0n) is 22.6. The maximum atomic E-state index is 12.8. The third kappa shape index (κ3) is 4.44. The molecular weight excluding hydrogens is 476 g/mol. The molecular formula is C29H36N8O. The van der Waals surface area contributed by atoms with E-state index in [0.717, 1.165) is 35.7 Å². The fourth-order valence-corrected chi connectivity index (χ4v) is 6.56. The van der Waals surface area contributed by atoms with Gasteiger partial charge in [-0.2, -0.15) is 0 Å². The molecule has 1 unspecified atom stereocenters. The van der Waals surface area contributed by atoms with Gasteiger partial charge in [0.25, 0.3) is 5.91 Å². The average molecular weight is 513 g/mol. The molecule has 9 heteroatoms. The number of aromatic nitrogens is 6. The summed E-state index contributed by atoms with van der Waals surface area (Å²) in [6, 6.07) is 15.1. The van der Waals surface area contributed by atoms with E-state index in [2.05, 4.69) is 93.6 Å². The summed E-state index contributed by atoms with van der Waals surface area (Å²) in [5, 5.41) is 16.1. The molecule has 2 aliphatic carbocycles. The first-order chi connectivity index (χ1) is 18.3. The number of hydrogen-bond donors (Lipinski definition) is 2. The summed E-state index contributed by atoms with van der Waals surface area (Å²) in [6.45, 7) is 7.13. The van der Waals surface area contributed by atoms with Crippen LogP contribution in [0.25, 0.3) is 11.0 Å². The molecule has 0 radical (unpaired) electrons. The highest BCUT2D eigenvalue weighted by Crippen LogP contribution is 2.45. The Labute approximate surface area is 223 Å². The fourth-order valence-electron chi connectivity index (χ4n) is 6.56. The minimum absolute atomic E-state index is 0.220. The number of nitrogens with zero attached hydrogens (tertiary/aromatic N) is 6. The smallest absolute Gasteiger partial charge is 0.258 e. The van der Waals surface area contributed by atoms with E-state index >= 15 is 0 Å². The lowest BCUT2D eigenvalue weighted by Crippen LogP contribution is -2.43. The third-order valence-corrected chi connectivity index (χ3v) is 8.67. The molecule has 4 aromatic rings. The van der Waals surface area contributed by atoms with Crippen molar-refractivity contribution in [2.24, 2.45) is 18.4 Å². The van der Waals surface area contributed by atoms with Gasteiger partial charge in [0.1, 0.15) is 0 Å². The average Bonchev–Trinajstić information content (AvgIpc) is 3.64. The molecule has 2 N–H and O–H groups in total. The first-order valence-corrected chi connectivity index (χ1v) is 13.7. The molecule has 1 atom stereocenters. The van der Waals surface area contributed by atoms with Crippen LogP contribution in [0, 0.1) is 11.3 Å². The molecule has 2 heterocycles. The predicted molar refractivity (Wildman–Crippen MR) is 148 cm³/mol. The summed E-state index contributed by atoms with van der Waals surface area (Å²) in [4.78, 5) is 20.6. The summed E-state index contributed by atoms with van der Waals surface area (Å²) < 4.78 is 2.26. The van der Waals surface area contributed by atoms with E-state index in [9.17, 15) is 4.79 Å². The van der Waals surface area contributed by atoms with Crippen LogP contribution in [0.4, 0.5) is 11.9 Å². The van der Waals surface area contributed by atoms with Gasteiger partial charge in [0, 0.05) is 18.7 Å². The first-order valence-electron chi connectivity index (χ1n) is 13.7. The Hall–Kier alpha value is -3.75. The van der Waals surface area contributed by atoms with Crippen LogP contribution in [0.1, 0.15) is 80.4 Å². The Morgan fingerprint density at radius 2 is 1.87 bits per heavy atom. The molecule has 2 aromatic carbocycles. The quantitative estimate of drug-likeness (QED) is 0.369. The first kappa shape index (κ1) is 24.6. The number of carbonyl (C=O) groups excluding carboxylic acids is 1. The Bertz CT molecular complexity index is 1440. The van der Waals surface area contributed by atoms with Crippen LogP contribution in [0.2, 0.25) is 0 Å². The van der Waals surface area contributed by atoms with Gasteiger partial charge in [-0.25, -0.2) is 10.1 Å². The van der Waals surface area contributed by atoms with Crippen molar-refractivity contribution in [2.75, 3.05) is 10.2 Å². The van der Waals surface area contributed by atoms with E-state index in [-0.39, 0.29) is 17.9 Å². The highest BCUT2D eigenvalue weighted by molar-refractivity contribution is 6.03. The van der Waals surface area contributed by atoms with Crippen molar-refractivity contribution in [1.29, 1.82) is 0 Å². The lowest BCUT2D eigenvalue weighted by molar-refractivity contribution is 0.102. The Morgan fingerprint density at radius 3 is 2.58 bits per heavy atom. The van der Waals surface area contributed by atoms with Crippen LogP contribution in [-0.4, -0.2) is 42.1 Å². The highest BCUT2D eigenvalue weighted by Gasteiger charge is 2.39. The molecule has 2 aromatic heterocycles. The van der Waals surface area contributed by atoms with Gasteiger partial charge in [0.05, 0.1) is 17.1 Å². The molecule has 0 spiro atoms. The van der Waals surface area contributed by atoms with Crippen molar-refractivity contribution in [2.45, 2.75) is 71.4 Å². The number of benzene rings is 2. The largest absolute Gasteiger partial charge is 0.332 e. The number of aryl methyl sites for hydroxylation is 2. The molecule has 9 nitrogen and oxygen atoms in total. The molecule has 1 fully saturated rings. The van der Waals surface area contributed by atoms with E-state index < -0.39 is 0 Å². The van der Waals surface area contributed by atoms with Crippen LogP contribution >= 0.6 is 0 Å². The summed E-state index contributed by atoms with van der Waals surface area (Å²) >= 11 is 0. The Balaban J connectivity index is 1.33. The zero-order valence-corrected chi connectivity index (χ0v) is 22.6. The molecule has 1 saturated carbocycles. The minimum Gasteiger partial charge on any atom is -0.332 e. The van der Waals surface area contributed by atoms with E-state index in [0.29, 0.717) is 17.0 Å². The summed E-state index contributed by atoms with van der Waals surface area (Å²) in [5.74, 6) is 1.82. The maximum absolute atomic E-state index is 12.8. The standard InChI is InChI=1S/C29H36N8O/c1-29(2,3)20-11-13-21(14-12-20)37(28-30-23-7-5-6-8-25(23)36(28)4)24-16-10-18-17-19(9-15-22(18)24)26(38)31-27-32-34-35-33-27/h5-9,15,17,20-21,24H,10-14,16H2,1-4H3,(H2,31,32,33,34,35,38). The fraction of sp³-hybridized carbons (Fsp3) is 0.483. The molecule has 2 aliphatic rings. The second-order valence-electron chi connectivity index (χ2n) is 11.9. The lowest BCUT2D eigenvalue weighted by Gasteiger charge is -2.44. The van der Waals surface area contributed by atoms with Crippen LogP contribution in [0.5, 0.6) is 0 Å². The Kier molecular flexibility index (Phi) is 6.16. The van der Waals surface area contributed by atoms with Crippen molar-refractivity contribution in [3.05, 3.63) is 59.2 Å². The number of anilines is 2. The number of aromatic amines is 1. The topological polar surface area (TPSA) is 105 Å². The second-order valence-corrected chi connectivity index (χ2v) is 11.9. The summed E-state index contributed by atoms with van der Waals surface area (Å²) in [7, 11) is 2.14. The van der Waals surface area contributed by atoms with Crippen molar-refractivity contribution < 1.29 is 4.79 Å². The van der Waals surface area contributed by atoms with E-state index in [4.69, 9.17) is 4.98 Å². The van der Waals surface area contributed by atoms with Crippen molar-refractivity contribution in [3.63, 3.8) is 0 Å². The second kappa shape index (κ2) is 9.53. The third-order valence-electron chi connectivity index (χ3n) is 8.67. The molecule has 6 rings (SSSR count). The molecule has 0 aliphatic heterocycles. The number of fused-ring (bicyclic) bond motifs is 2. The van der Waals surface area contributed by atoms with Crippen molar-refractivity contribution in [3.8, 4) is 0 Å². The number of nitrogens with one attached hydrogen (secondary N) is 2. The van der Waals surface area contributed by atoms with Gasteiger partial charge in [-0.15, -0.1) is 0 Å². The molecule has 1 amide bonds. The summed E-state index contributed by atoms with van der Waals surface area (Å²) in [6.07, 6.45) is 6.76. The van der Waals surface area contributed by atoms with E-state index in [1.807, 2.05) is 12.1 Å². The number of rotatable bonds is 5. The maximum Gasteiger partial charge on any atom is 0.258 e. The van der Waals surface area contributed by atoms with Gasteiger partial charge in [0.15, 0.2) is 0 Å². The monoisotopic (exact) mass is 512 g/mol. The lowest BCUT2D eigenvalue weighted by atomic mass is 9.71. The predicted octanol–water partition coefficient (Wildman–Crippen LogP) is 5.44. The number of H-pyrrole nitrogens is 1. The van der Waals surface area contributed by atoms with Gasteiger partial charge in [-0.3, -0.25) is 10.1 Å². The van der Waals surface area contributed by atoms with Gasteiger partial charge in [-0.05, 0) is 95.7 Å². The summed E-state index contributed by atoms with van der Waals surface area (Å²) in [5.41, 5.74) is 5.67. The highest BCUT2D eigenvalue weighted by atomic mass is 16.1.